The van der Waals surface area contributed by atoms with E-state index in [9.17, 15) is 10.2 Å². The normalized spacial score (nSPS) is 30.3. The minimum Gasteiger partial charge on any atom is -0.494 e. The van der Waals surface area contributed by atoms with Crippen LogP contribution in [0.5, 0.6) is 5.75 Å². The summed E-state index contributed by atoms with van der Waals surface area (Å²) in [5.41, 5.74) is 0.969. The molecule has 0 bridgehead atoms. The monoisotopic (exact) mass is 382 g/mol. The van der Waals surface area contributed by atoms with E-state index in [2.05, 4.69) is 6.92 Å². The fourth-order valence-electron chi connectivity index (χ4n) is 3.32. The van der Waals surface area contributed by atoms with Crippen molar-refractivity contribution < 1.29 is 33.9 Å². The Kier molecular flexibility index (Phi) is 6.73. The van der Waals surface area contributed by atoms with Crippen LogP contribution in [0.4, 0.5) is 0 Å². The highest BCUT2D eigenvalue weighted by atomic mass is 16.8. The fraction of sp³-hybridized carbons (Fsp3) is 0.700. The Morgan fingerprint density at radius 2 is 1.93 bits per heavy atom. The molecule has 2 fully saturated rings. The summed E-state index contributed by atoms with van der Waals surface area (Å²) in [5.74, 6) is 0.0585. The van der Waals surface area contributed by atoms with Gasteiger partial charge in [-0.1, -0.05) is 25.5 Å². The average Bonchev–Trinajstić information content (AvgIpc) is 3.12. The Labute approximate surface area is 160 Å². The van der Waals surface area contributed by atoms with Crippen LogP contribution < -0.4 is 4.74 Å². The molecule has 0 saturated carbocycles. The third-order valence-corrected chi connectivity index (χ3v) is 4.73. The van der Waals surface area contributed by atoms with Crippen molar-refractivity contribution in [1.82, 2.24) is 0 Å². The molecule has 2 N–H and O–H groups in total. The number of rotatable bonds is 9. The van der Waals surface area contributed by atoms with Gasteiger partial charge in [0.15, 0.2) is 12.1 Å². The van der Waals surface area contributed by atoms with Crippen molar-refractivity contribution in [2.45, 2.75) is 76.7 Å². The molecule has 1 aromatic carbocycles. The van der Waals surface area contributed by atoms with Crippen LogP contribution in [0.25, 0.3) is 0 Å². The fourth-order valence-corrected chi connectivity index (χ4v) is 3.32. The van der Waals surface area contributed by atoms with Crippen molar-refractivity contribution in [3.63, 3.8) is 0 Å². The molecule has 2 aliphatic heterocycles. The first-order valence-electron chi connectivity index (χ1n) is 9.57. The summed E-state index contributed by atoms with van der Waals surface area (Å²) < 4.78 is 29.0. The molecule has 1 aromatic rings. The molecule has 152 valence electrons. The molecule has 0 aromatic heterocycles. The maximum Gasteiger partial charge on any atom is 0.190 e. The number of aliphatic hydroxyl groups is 2. The molecule has 2 heterocycles. The lowest BCUT2D eigenvalue weighted by molar-refractivity contribution is -0.232. The molecule has 2 aliphatic rings. The third-order valence-electron chi connectivity index (χ3n) is 4.73. The zero-order chi connectivity index (χ0) is 19.4. The van der Waals surface area contributed by atoms with Crippen LogP contribution in [0, 0.1) is 0 Å². The molecule has 0 unspecified atom stereocenters. The predicted molar refractivity (Wildman–Crippen MR) is 97.2 cm³/mol. The average molecular weight is 382 g/mol. The lowest BCUT2D eigenvalue weighted by atomic mass is 10.1. The predicted octanol–water partition coefficient (Wildman–Crippen LogP) is 1.98. The highest BCUT2D eigenvalue weighted by Crippen LogP contribution is 2.39. The van der Waals surface area contributed by atoms with E-state index in [-0.39, 0.29) is 0 Å². The van der Waals surface area contributed by atoms with Gasteiger partial charge in [-0.25, -0.2) is 0 Å². The van der Waals surface area contributed by atoms with Crippen LogP contribution in [-0.2, 0) is 25.6 Å². The molecule has 0 aliphatic carbocycles. The summed E-state index contributed by atoms with van der Waals surface area (Å²) in [4.78, 5) is 0. The molecular weight excluding hydrogens is 352 g/mol. The second kappa shape index (κ2) is 8.86. The molecule has 3 rings (SSSR count). The minimum atomic E-state index is -1.06. The van der Waals surface area contributed by atoms with E-state index >= 15 is 0 Å². The van der Waals surface area contributed by atoms with E-state index in [0.29, 0.717) is 13.2 Å². The molecule has 27 heavy (non-hydrogen) atoms. The van der Waals surface area contributed by atoms with Gasteiger partial charge >= 0.3 is 0 Å². The van der Waals surface area contributed by atoms with Gasteiger partial charge in [0.1, 0.15) is 30.2 Å². The molecule has 0 spiro atoms. The summed E-state index contributed by atoms with van der Waals surface area (Å²) >= 11 is 0. The highest BCUT2D eigenvalue weighted by Gasteiger charge is 2.56. The number of fused-ring (bicyclic) bond motifs is 1. The Hall–Kier alpha value is -1.22. The maximum atomic E-state index is 10.1. The minimum absolute atomic E-state index is 0.324. The highest BCUT2D eigenvalue weighted by molar-refractivity contribution is 5.26. The second-order valence-electron chi connectivity index (χ2n) is 7.44. The van der Waals surface area contributed by atoms with Crippen molar-refractivity contribution in [1.29, 1.82) is 0 Å². The van der Waals surface area contributed by atoms with Crippen molar-refractivity contribution in [3.8, 4) is 5.75 Å². The second-order valence-corrected chi connectivity index (χ2v) is 7.44. The van der Waals surface area contributed by atoms with Crippen molar-refractivity contribution in [3.05, 3.63) is 29.8 Å². The quantitative estimate of drug-likeness (QED) is 0.632. The molecule has 7 nitrogen and oxygen atoms in total. The van der Waals surface area contributed by atoms with Crippen LogP contribution in [0.1, 0.15) is 39.2 Å². The first kappa shape index (κ1) is 20.5. The summed E-state index contributed by atoms with van der Waals surface area (Å²) in [5, 5.41) is 19.4. The van der Waals surface area contributed by atoms with Crippen LogP contribution in [-0.4, -0.2) is 59.9 Å². The lowest BCUT2D eigenvalue weighted by Gasteiger charge is -2.28. The molecular formula is C20H30O7. The molecule has 5 atom stereocenters. The zero-order valence-corrected chi connectivity index (χ0v) is 16.2. The first-order chi connectivity index (χ1) is 12.9. The standard InChI is InChI=1S/C20H30O7/c1-4-5-10-23-14-8-6-13(7-9-14)12-24-17-16(15(22)11-21)25-19-18(17)26-20(2,3)27-19/h6-9,15-19,21-22H,4-5,10-12H2,1-3H3/t15-,16+,17-,18+,19+/m0/s1. The Morgan fingerprint density at radius 1 is 1.19 bits per heavy atom. The third kappa shape index (κ3) is 4.99. The number of hydrogen-bond acceptors (Lipinski definition) is 7. The van der Waals surface area contributed by atoms with Gasteiger partial charge in [0.05, 0.1) is 19.8 Å². The number of unbranched alkanes of at least 4 members (excludes halogenated alkanes) is 1. The smallest absolute Gasteiger partial charge is 0.190 e. The summed E-state index contributed by atoms with van der Waals surface area (Å²) in [6, 6.07) is 7.73. The SMILES string of the molecule is CCCCOc1ccc(CO[C@@H]2[C@H]3OC(C)(C)O[C@H]3O[C@@H]2[C@@H](O)CO)cc1. The maximum absolute atomic E-state index is 10.1. The first-order valence-corrected chi connectivity index (χ1v) is 9.57. The van der Waals surface area contributed by atoms with Gasteiger partial charge in [0.2, 0.25) is 0 Å². The zero-order valence-electron chi connectivity index (χ0n) is 16.2. The van der Waals surface area contributed by atoms with E-state index < -0.39 is 43.1 Å². The summed E-state index contributed by atoms with van der Waals surface area (Å²) in [6.07, 6.45) is -1.26. The van der Waals surface area contributed by atoms with Crippen molar-refractivity contribution >= 4 is 0 Å². The lowest BCUT2D eigenvalue weighted by Crippen LogP contribution is -2.44. The van der Waals surface area contributed by atoms with Crippen molar-refractivity contribution in [2.24, 2.45) is 0 Å². The van der Waals surface area contributed by atoms with E-state index in [1.54, 1.807) is 13.8 Å². The Bertz CT molecular complexity index is 588. The van der Waals surface area contributed by atoms with E-state index in [1.807, 2.05) is 24.3 Å². The Morgan fingerprint density at radius 3 is 2.59 bits per heavy atom. The van der Waals surface area contributed by atoms with Gasteiger partial charge in [0, 0.05) is 0 Å². The van der Waals surface area contributed by atoms with Crippen molar-refractivity contribution in [2.75, 3.05) is 13.2 Å². The van der Waals surface area contributed by atoms with Crippen LogP contribution in [0.3, 0.4) is 0 Å². The van der Waals surface area contributed by atoms with Gasteiger partial charge in [-0.3, -0.25) is 0 Å². The van der Waals surface area contributed by atoms with Crippen LogP contribution in [0.15, 0.2) is 24.3 Å². The number of aliphatic hydroxyl groups excluding tert-OH is 2. The topological polar surface area (TPSA) is 86.6 Å². The largest absolute Gasteiger partial charge is 0.494 e. The number of hydrogen-bond donors (Lipinski definition) is 2. The van der Waals surface area contributed by atoms with Gasteiger partial charge in [-0.05, 0) is 38.0 Å². The van der Waals surface area contributed by atoms with Gasteiger partial charge in [0.25, 0.3) is 0 Å². The molecule has 2 saturated heterocycles. The number of ether oxygens (including phenoxy) is 5. The van der Waals surface area contributed by atoms with Gasteiger partial charge in [-0.15, -0.1) is 0 Å². The van der Waals surface area contributed by atoms with Crippen LogP contribution in [0.2, 0.25) is 0 Å². The molecule has 0 radical (unpaired) electrons. The molecule has 7 heteroatoms. The van der Waals surface area contributed by atoms with E-state index in [0.717, 1.165) is 24.2 Å². The summed E-state index contributed by atoms with van der Waals surface area (Å²) in [6.45, 7) is 6.36. The summed E-state index contributed by atoms with van der Waals surface area (Å²) in [7, 11) is 0. The van der Waals surface area contributed by atoms with Gasteiger partial charge < -0.3 is 33.9 Å². The van der Waals surface area contributed by atoms with Crippen LogP contribution >= 0.6 is 0 Å². The van der Waals surface area contributed by atoms with E-state index in [4.69, 9.17) is 23.7 Å². The number of benzene rings is 1. The van der Waals surface area contributed by atoms with Gasteiger partial charge in [-0.2, -0.15) is 0 Å². The Balaban J connectivity index is 1.60. The molecule has 0 amide bonds. The van der Waals surface area contributed by atoms with E-state index in [1.165, 1.54) is 0 Å².